The molecule has 0 radical (unpaired) electrons. The van der Waals surface area contributed by atoms with Gasteiger partial charge in [-0.3, -0.25) is 0 Å². The van der Waals surface area contributed by atoms with Gasteiger partial charge < -0.3 is 14.7 Å². The largest absolute Gasteiger partial charge is 0.494 e. The summed E-state index contributed by atoms with van der Waals surface area (Å²) < 4.78 is 5.69. The molecule has 25 heavy (non-hydrogen) atoms. The molecule has 0 aliphatic carbocycles. The minimum absolute atomic E-state index is 0.238. The number of hydrogen-bond acceptors (Lipinski definition) is 4. The van der Waals surface area contributed by atoms with Crippen molar-refractivity contribution in [2.75, 3.05) is 26.7 Å². The van der Waals surface area contributed by atoms with E-state index in [9.17, 15) is 5.11 Å². The number of fused-ring (bicyclic) bond motifs is 2. The molecule has 2 aromatic carbocycles. The Morgan fingerprint density at radius 2 is 1.84 bits per heavy atom. The standard InChI is InChI=1S/C21H25NO2S/c1-3-24-16-8-9-18-20(14-16)25-19-7-5-4-6-17(19)21(18,23)15-10-12-22(2)13-11-15/h4-9,14-15,23H,3,10-13H2,1-2H3. The highest BCUT2D eigenvalue weighted by Crippen LogP contribution is 2.53. The smallest absolute Gasteiger partial charge is 0.120 e. The van der Waals surface area contributed by atoms with E-state index in [1.807, 2.05) is 19.1 Å². The molecule has 1 fully saturated rings. The molecule has 4 heteroatoms. The van der Waals surface area contributed by atoms with Crippen LogP contribution in [0.2, 0.25) is 0 Å². The molecule has 2 heterocycles. The van der Waals surface area contributed by atoms with E-state index < -0.39 is 5.60 Å². The Morgan fingerprint density at radius 1 is 1.12 bits per heavy atom. The van der Waals surface area contributed by atoms with Crippen LogP contribution >= 0.6 is 11.8 Å². The van der Waals surface area contributed by atoms with Crippen molar-refractivity contribution in [3.63, 3.8) is 0 Å². The van der Waals surface area contributed by atoms with Crippen LogP contribution in [-0.2, 0) is 5.60 Å². The molecule has 1 saturated heterocycles. The second-order valence-electron chi connectivity index (χ2n) is 7.03. The molecule has 0 bridgehead atoms. The number of rotatable bonds is 3. The lowest BCUT2D eigenvalue weighted by Gasteiger charge is -2.44. The Hall–Kier alpha value is -1.49. The number of likely N-dealkylation sites (tertiary alicyclic amines) is 1. The van der Waals surface area contributed by atoms with Crippen LogP contribution in [0.4, 0.5) is 0 Å². The quantitative estimate of drug-likeness (QED) is 0.897. The van der Waals surface area contributed by atoms with Crippen LogP contribution in [0.3, 0.4) is 0 Å². The van der Waals surface area contributed by atoms with Crippen molar-refractivity contribution >= 4 is 11.8 Å². The lowest BCUT2D eigenvalue weighted by Crippen LogP contribution is -2.44. The third kappa shape index (κ3) is 2.86. The van der Waals surface area contributed by atoms with E-state index in [-0.39, 0.29) is 5.92 Å². The second-order valence-corrected chi connectivity index (χ2v) is 8.12. The first-order valence-corrected chi connectivity index (χ1v) is 9.90. The summed E-state index contributed by atoms with van der Waals surface area (Å²) in [5.41, 5.74) is 1.18. The van der Waals surface area contributed by atoms with Gasteiger partial charge in [-0.15, -0.1) is 0 Å². The summed E-state index contributed by atoms with van der Waals surface area (Å²) in [4.78, 5) is 4.62. The molecule has 4 rings (SSSR count). The zero-order valence-electron chi connectivity index (χ0n) is 14.9. The lowest BCUT2D eigenvalue weighted by atomic mass is 9.71. The molecule has 2 aliphatic rings. The highest BCUT2D eigenvalue weighted by atomic mass is 32.2. The Kier molecular flexibility index (Phi) is 4.52. The van der Waals surface area contributed by atoms with Gasteiger partial charge in [0.2, 0.25) is 0 Å². The number of aliphatic hydroxyl groups is 1. The van der Waals surface area contributed by atoms with Crippen molar-refractivity contribution in [2.45, 2.75) is 35.2 Å². The van der Waals surface area contributed by atoms with Crippen LogP contribution in [0.1, 0.15) is 30.9 Å². The van der Waals surface area contributed by atoms with Gasteiger partial charge in [-0.05, 0) is 64.0 Å². The third-order valence-electron chi connectivity index (χ3n) is 5.50. The zero-order chi connectivity index (χ0) is 17.4. The summed E-state index contributed by atoms with van der Waals surface area (Å²) >= 11 is 1.74. The van der Waals surface area contributed by atoms with Gasteiger partial charge in [-0.1, -0.05) is 36.0 Å². The van der Waals surface area contributed by atoms with Crippen molar-refractivity contribution in [3.8, 4) is 5.75 Å². The summed E-state index contributed by atoms with van der Waals surface area (Å²) in [5, 5.41) is 12.0. The first kappa shape index (κ1) is 17.0. The number of piperidine rings is 1. The molecule has 1 atom stereocenters. The first-order valence-electron chi connectivity index (χ1n) is 9.08. The molecule has 1 unspecified atom stereocenters. The van der Waals surface area contributed by atoms with Gasteiger partial charge >= 0.3 is 0 Å². The van der Waals surface area contributed by atoms with Crippen molar-refractivity contribution in [1.29, 1.82) is 0 Å². The SMILES string of the molecule is CCOc1ccc2c(c1)Sc1ccccc1C2(O)C1CCN(C)CC1. The fourth-order valence-electron chi connectivity index (χ4n) is 4.16. The third-order valence-corrected chi connectivity index (χ3v) is 6.64. The molecule has 3 nitrogen and oxygen atoms in total. The van der Waals surface area contributed by atoms with Crippen LogP contribution in [0.5, 0.6) is 5.75 Å². The van der Waals surface area contributed by atoms with E-state index in [1.165, 1.54) is 0 Å². The van der Waals surface area contributed by atoms with E-state index in [0.717, 1.165) is 52.6 Å². The topological polar surface area (TPSA) is 32.7 Å². The summed E-state index contributed by atoms with van der Waals surface area (Å²) in [6.45, 7) is 4.72. The maximum Gasteiger partial charge on any atom is 0.120 e. The number of benzene rings is 2. The van der Waals surface area contributed by atoms with E-state index in [2.05, 4.69) is 42.3 Å². The zero-order valence-corrected chi connectivity index (χ0v) is 15.7. The van der Waals surface area contributed by atoms with Gasteiger partial charge in [0.15, 0.2) is 0 Å². The summed E-state index contributed by atoms with van der Waals surface area (Å²) in [5.74, 6) is 1.11. The van der Waals surface area contributed by atoms with Gasteiger partial charge in [0, 0.05) is 20.9 Å². The van der Waals surface area contributed by atoms with Gasteiger partial charge in [-0.2, -0.15) is 0 Å². The Balaban J connectivity index is 1.83. The monoisotopic (exact) mass is 355 g/mol. The van der Waals surface area contributed by atoms with Gasteiger partial charge in [0.1, 0.15) is 11.4 Å². The highest BCUT2D eigenvalue weighted by molar-refractivity contribution is 7.99. The fourth-order valence-corrected chi connectivity index (χ4v) is 5.38. The van der Waals surface area contributed by atoms with Crippen LogP contribution in [0, 0.1) is 5.92 Å². The van der Waals surface area contributed by atoms with Crippen molar-refractivity contribution in [2.24, 2.45) is 5.92 Å². The predicted molar refractivity (Wildman–Crippen MR) is 101 cm³/mol. The van der Waals surface area contributed by atoms with Crippen LogP contribution < -0.4 is 4.74 Å². The molecule has 0 amide bonds. The van der Waals surface area contributed by atoms with Crippen LogP contribution in [0.15, 0.2) is 52.3 Å². The fraction of sp³-hybridized carbons (Fsp3) is 0.429. The van der Waals surface area contributed by atoms with Crippen molar-refractivity contribution < 1.29 is 9.84 Å². The molecule has 0 spiro atoms. The average Bonchev–Trinajstić information content (AvgIpc) is 2.62. The molecule has 2 aromatic rings. The first-order chi connectivity index (χ1) is 12.1. The Morgan fingerprint density at radius 3 is 2.60 bits per heavy atom. The van der Waals surface area contributed by atoms with E-state index in [4.69, 9.17) is 4.74 Å². The molecular weight excluding hydrogens is 330 g/mol. The number of nitrogens with zero attached hydrogens (tertiary/aromatic N) is 1. The summed E-state index contributed by atoms with van der Waals surface area (Å²) in [7, 11) is 2.16. The molecule has 1 N–H and O–H groups in total. The molecule has 0 saturated carbocycles. The van der Waals surface area contributed by atoms with E-state index in [0.29, 0.717) is 6.61 Å². The van der Waals surface area contributed by atoms with E-state index >= 15 is 0 Å². The van der Waals surface area contributed by atoms with Gasteiger partial charge in [0.05, 0.1) is 6.61 Å². The van der Waals surface area contributed by atoms with Crippen molar-refractivity contribution in [3.05, 3.63) is 53.6 Å². The molecular formula is C21H25NO2S. The summed E-state index contributed by atoms with van der Waals surface area (Å²) in [6.07, 6.45) is 2.03. The average molecular weight is 356 g/mol. The molecule has 132 valence electrons. The van der Waals surface area contributed by atoms with Crippen LogP contribution in [-0.4, -0.2) is 36.8 Å². The van der Waals surface area contributed by atoms with Gasteiger partial charge in [-0.25, -0.2) is 0 Å². The maximum atomic E-state index is 12.0. The molecule has 0 aromatic heterocycles. The lowest BCUT2D eigenvalue weighted by molar-refractivity contribution is -0.0159. The summed E-state index contributed by atoms with van der Waals surface area (Å²) in [6, 6.07) is 14.5. The van der Waals surface area contributed by atoms with Crippen LogP contribution in [0.25, 0.3) is 0 Å². The normalized spacial score (nSPS) is 23.8. The Bertz CT molecular complexity index is 770. The highest BCUT2D eigenvalue weighted by Gasteiger charge is 2.46. The molecule has 2 aliphatic heterocycles. The van der Waals surface area contributed by atoms with E-state index in [1.54, 1.807) is 11.8 Å². The minimum atomic E-state index is -0.914. The number of hydrogen-bond donors (Lipinski definition) is 1. The van der Waals surface area contributed by atoms with Gasteiger partial charge in [0.25, 0.3) is 0 Å². The maximum absolute atomic E-state index is 12.0. The predicted octanol–water partition coefficient (Wildman–Crippen LogP) is 4.13. The number of ether oxygens (including phenoxy) is 1. The van der Waals surface area contributed by atoms with Crippen molar-refractivity contribution in [1.82, 2.24) is 4.90 Å². The Labute approximate surface area is 154 Å². The second kappa shape index (κ2) is 6.67. The minimum Gasteiger partial charge on any atom is -0.494 e.